The van der Waals surface area contributed by atoms with E-state index in [9.17, 15) is 10.1 Å². The van der Waals surface area contributed by atoms with Crippen molar-refractivity contribution < 1.29 is 9.66 Å². The molecule has 1 aromatic heterocycles. The van der Waals surface area contributed by atoms with Crippen LogP contribution in [-0.2, 0) is 6.61 Å². The fourth-order valence-electron chi connectivity index (χ4n) is 2.70. The maximum atomic E-state index is 10.7. The van der Waals surface area contributed by atoms with Crippen molar-refractivity contribution in [3.8, 4) is 5.75 Å². The molecule has 0 aliphatic heterocycles. The molecule has 144 valence electrons. The zero-order valence-electron chi connectivity index (χ0n) is 15.3. The van der Waals surface area contributed by atoms with Crippen molar-refractivity contribution in [3.63, 3.8) is 0 Å². The van der Waals surface area contributed by atoms with Gasteiger partial charge in [0.15, 0.2) is 0 Å². The largest absolute Gasteiger partial charge is 0.489 e. The molecule has 29 heavy (non-hydrogen) atoms. The summed E-state index contributed by atoms with van der Waals surface area (Å²) in [4.78, 5) is 17.8. The first kappa shape index (κ1) is 18.2. The predicted octanol–water partition coefficient (Wildman–Crippen LogP) is 4.50. The van der Waals surface area contributed by atoms with Gasteiger partial charge in [0.25, 0.3) is 5.69 Å². The van der Waals surface area contributed by atoms with Crippen LogP contribution in [-0.4, -0.2) is 21.1 Å². The van der Waals surface area contributed by atoms with E-state index in [1.54, 1.807) is 18.3 Å². The van der Waals surface area contributed by atoms with Gasteiger partial charge in [0.05, 0.1) is 22.2 Å². The minimum absolute atomic E-state index is 0.0636. The van der Waals surface area contributed by atoms with Crippen molar-refractivity contribution in [2.45, 2.75) is 6.61 Å². The van der Waals surface area contributed by atoms with E-state index in [2.05, 4.69) is 20.5 Å². The highest BCUT2D eigenvalue weighted by Gasteiger charge is 2.04. The lowest BCUT2D eigenvalue weighted by Gasteiger charge is -2.06. The van der Waals surface area contributed by atoms with Gasteiger partial charge >= 0.3 is 0 Å². The summed E-state index contributed by atoms with van der Waals surface area (Å²) in [6.07, 6.45) is 1.69. The highest BCUT2D eigenvalue weighted by Crippen LogP contribution is 2.16. The number of non-ortho nitro benzene ring substituents is 1. The average molecular weight is 387 g/mol. The third-order valence-corrected chi connectivity index (χ3v) is 4.21. The summed E-state index contributed by atoms with van der Waals surface area (Å²) >= 11 is 0. The first-order valence-electron chi connectivity index (χ1n) is 8.87. The Morgan fingerprint density at radius 3 is 2.55 bits per heavy atom. The Bertz CT molecular complexity index is 1120. The van der Waals surface area contributed by atoms with Crippen LogP contribution in [0.15, 0.2) is 77.9 Å². The Hall–Kier alpha value is -4.20. The van der Waals surface area contributed by atoms with Gasteiger partial charge in [0, 0.05) is 12.1 Å². The lowest BCUT2D eigenvalue weighted by Crippen LogP contribution is -1.96. The number of hydrogen-bond acceptors (Lipinski definition) is 6. The van der Waals surface area contributed by atoms with Crippen molar-refractivity contribution in [1.29, 1.82) is 0 Å². The van der Waals surface area contributed by atoms with E-state index in [0.29, 0.717) is 18.3 Å². The normalized spacial score (nSPS) is 11.0. The predicted molar refractivity (Wildman–Crippen MR) is 111 cm³/mol. The molecule has 8 nitrogen and oxygen atoms in total. The molecule has 0 amide bonds. The smallest absolute Gasteiger partial charge is 0.269 e. The molecule has 8 heteroatoms. The van der Waals surface area contributed by atoms with Crippen LogP contribution in [0.25, 0.3) is 11.0 Å². The van der Waals surface area contributed by atoms with Crippen LogP contribution in [0.4, 0.5) is 11.6 Å². The third-order valence-electron chi connectivity index (χ3n) is 4.21. The van der Waals surface area contributed by atoms with Crippen molar-refractivity contribution >= 4 is 28.9 Å². The van der Waals surface area contributed by atoms with Gasteiger partial charge in [0.2, 0.25) is 5.95 Å². The highest BCUT2D eigenvalue weighted by molar-refractivity contribution is 5.81. The van der Waals surface area contributed by atoms with Crippen LogP contribution < -0.4 is 10.2 Å². The summed E-state index contributed by atoms with van der Waals surface area (Å²) in [5, 5.41) is 14.9. The van der Waals surface area contributed by atoms with Crippen molar-refractivity contribution in [1.82, 2.24) is 9.97 Å². The lowest BCUT2D eigenvalue weighted by atomic mass is 10.2. The first-order valence-corrected chi connectivity index (χ1v) is 8.87. The van der Waals surface area contributed by atoms with E-state index in [1.165, 1.54) is 12.1 Å². The zero-order valence-corrected chi connectivity index (χ0v) is 15.3. The monoisotopic (exact) mass is 387 g/mol. The zero-order chi connectivity index (χ0) is 20.1. The van der Waals surface area contributed by atoms with Crippen LogP contribution in [0.1, 0.15) is 11.1 Å². The number of anilines is 1. The molecule has 3 aromatic carbocycles. The second-order valence-corrected chi connectivity index (χ2v) is 6.25. The fraction of sp³-hybridized carbons (Fsp3) is 0.0476. The molecule has 0 radical (unpaired) electrons. The van der Waals surface area contributed by atoms with Crippen LogP contribution >= 0.6 is 0 Å². The average Bonchev–Trinajstić information content (AvgIpc) is 3.16. The number of ether oxygens (including phenoxy) is 1. The quantitative estimate of drug-likeness (QED) is 0.276. The Morgan fingerprint density at radius 1 is 1.07 bits per heavy atom. The Kier molecular flexibility index (Phi) is 5.15. The second kappa shape index (κ2) is 8.22. The number of H-pyrrole nitrogens is 1. The maximum absolute atomic E-state index is 10.7. The number of fused-ring (bicyclic) bond motifs is 1. The van der Waals surface area contributed by atoms with Crippen LogP contribution in [0.3, 0.4) is 0 Å². The number of hydrazone groups is 1. The van der Waals surface area contributed by atoms with Gasteiger partial charge in [-0.3, -0.25) is 10.1 Å². The van der Waals surface area contributed by atoms with E-state index >= 15 is 0 Å². The molecule has 0 unspecified atom stereocenters. The molecule has 0 spiro atoms. The summed E-state index contributed by atoms with van der Waals surface area (Å²) in [5.74, 6) is 1.27. The molecular formula is C21H17N5O3. The molecule has 0 saturated heterocycles. The Balaban J connectivity index is 1.31. The van der Waals surface area contributed by atoms with E-state index in [1.807, 2.05) is 48.5 Å². The van der Waals surface area contributed by atoms with Crippen molar-refractivity contribution in [3.05, 3.63) is 94.0 Å². The molecule has 4 aromatic rings. The number of nitrogens with zero attached hydrogens (tertiary/aromatic N) is 3. The van der Waals surface area contributed by atoms with Crippen LogP contribution in [0.2, 0.25) is 0 Å². The second-order valence-electron chi connectivity index (χ2n) is 6.25. The Morgan fingerprint density at radius 2 is 1.83 bits per heavy atom. The molecule has 0 saturated carbocycles. The number of nitro groups is 1. The molecule has 0 fully saturated rings. The van der Waals surface area contributed by atoms with E-state index in [4.69, 9.17) is 4.74 Å². The number of imidazole rings is 1. The van der Waals surface area contributed by atoms with Crippen LogP contribution in [0, 0.1) is 10.1 Å². The molecule has 0 aliphatic carbocycles. The number of aromatic nitrogens is 2. The minimum atomic E-state index is -0.423. The van der Waals surface area contributed by atoms with Gasteiger partial charge in [0.1, 0.15) is 12.4 Å². The van der Waals surface area contributed by atoms with Gasteiger partial charge < -0.3 is 9.72 Å². The summed E-state index contributed by atoms with van der Waals surface area (Å²) < 4.78 is 5.71. The fourth-order valence-corrected chi connectivity index (χ4v) is 2.70. The van der Waals surface area contributed by atoms with E-state index in [-0.39, 0.29) is 5.69 Å². The standard InChI is InChI=1S/C21H17N5O3/c27-26(28)17-9-5-16(6-10-17)14-29-18-11-7-15(8-12-18)13-22-25-21-23-19-3-1-2-4-20(19)24-21/h1-13H,14H2,(H2,23,24,25)/b22-13-. The Labute approximate surface area is 166 Å². The summed E-state index contributed by atoms with van der Waals surface area (Å²) in [7, 11) is 0. The summed E-state index contributed by atoms with van der Waals surface area (Å²) in [5.41, 5.74) is 6.52. The number of nitro benzene ring substituents is 1. The van der Waals surface area contributed by atoms with Crippen molar-refractivity contribution in [2.75, 3.05) is 5.43 Å². The molecule has 1 heterocycles. The van der Waals surface area contributed by atoms with Gasteiger partial charge in [-0.15, -0.1) is 0 Å². The third kappa shape index (κ3) is 4.56. The number of benzene rings is 3. The number of rotatable bonds is 7. The minimum Gasteiger partial charge on any atom is -0.489 e. The van der Waals surface area contributed by atoms with E-state index < -0.39 is 4.92 Å². The molecule has 0 aliphatic rings. The maximum Gasteiger partial charge on any atom is 0.269 e. The van der Waals surface area contributed by atoms with Gasteiger partial charge in [-0.05, 0) is 59.7 Å². The number of aromatic amines is 1. The van der Waals surface area contributed by atoms with Crippen LogP contribution in [0.5, 0.6) is 5.75 Å². The molecular weight excluding hydrogens is 370 g/mol. The van der Waals surface area contributed by atoms with E-state index in [0.717, 1.165) is 22.2 Å². The molecule has 4 rings (SSSR count). The number of para-hydroxylation sites is 2. The lowest BCUT2D eigenvalue weighted by molar-refractivity contribution is -0.384. The first-order chi connectivity index (χ1) is 14.2. The number of hydrogen-bond donors (Lipinski definition) is 2. The van der Waals surface area contributed by atoms with Gasteiger partial charge in [-0.2, -0.15) is 5.10 Å². The molecule has 0 atom stereocenters. The summed E-state index contributed by atoms with van der Waals surface area (Å²) in [6.45, 7) is 0.332. The van der Waals surface area contributed by atoms with Gasteiger partial charge in [-0.25, -0.2) is 10.4 Å². The summed E-state index contributed by atoms with van der Waals surface area (Å²) in [6, 6.07) is 21.5. The molecule has 0 bridgehead atoms. The molecule has 2 N–H and O–H groups in total. The number of nitrogens with one attached hydrogen (secondary N) is 2. The van der Waals surface area contributed by atoms with Crippen molar-refractivity contribution in [2.24, 2.45) is 5.10 Å². The topological polar surface area (TPSA) is 105 Å². The van der Waals surface area contributed by atoms with Gasteiger partial charge in [-0.1, -0.05) is 12.1 Å². The SMILES string of the molecule is O=[N+]([O-])c1ccc(COc2ccc(/C=N\Nc3nc4ccccc4[nH]3)cc2)cc1. The highest BCUT2D eigenvalue weighted by atomic mass is 16.6.